The number of tetrazole rings is 1. The predicted octanol–water partition coefficient (Wildman–Crippen LogP) is 0.496. The second-order valence-electron chi connectivity index (χ2n) is 4.47. The summed E-state index contributed by atoms with van der Waals surface area (Å²) >= 11 is 0. The summed E-state index contributed by atoms with van der Waals surface area (Å²) < 4.78 is 1.65. The van der Waals surface area contributed by atoms with Crippen molar-refractivity contribution in [3.63, 3.8) is 0 Å². The summed E-state index contributed by atoms with van der Waals surface area (Å²) in [6.45, 7) is 1.93. The molecule has 6 nitrogen and oxygen atoms in total. The molecule has 90 valence electrons. The van der Waals surface area contributed by atoms with Crippen molar-refractivity contribution in [2.75, 3.05) is 25.5 Å². The van der Waals surface area contributed by atoms with Crippen LogP contribution < -0.4 is 5.32 Å². The molecular weight excluding hydrogens is 204 g/mol. The van der Waals surface area contributed by atoms with Gasteiger partial charge in [0.25, 0.3) is 0 Å². The lowest BCUT2D eigenvalue weighted by Gasteiger charge is -2.23. The van der Waals surface area contributed by atoms with Crippen molar-refractivity contribution < 1.29 is 0 Å². The highest BCUT2D eigenvalue weighted by molar-refractivity contribution is 5.20. The van der Waals surface area contributed by atoms with Gasteiger partial charge in [-0.3, -0.25) is 0 Å². The van der Waals surface area contributed by atoms with Crippen LogP contribution in [0.5, 0.6) is 0 Å². The Labute approximate surface area is 96.0 Å². The molecule has 0 amide bonds. The van der Waals surface area contributed by atoms with Crippen molar-refractivity contribution in [2.45, 2.75) is 31.7 Å². The normalized spacial score (nSPS) is 17.2. The van der Waals surface area contributed by atoms with Crippen LogP contribution in [0.1, 0.15) is 25.7 Å². The Bertz CT molecular complexity index is 317. The van der Waals surface area contributed by atoms with Crippen LogP contribution in [0.3, 0.4) is 0 Å². The van der Waals surface area contributed by atoms with Crippen LogP contribution in [-0.4, -0.2) is 51.3 Å². The molecule has 1 heterocycles. The van der Waals surface area contributed by atoms with E-state index in [2.05, 4.69) is 32.8 Å². The fraction of sp³-hybridized carbons (Fsp3) is 0.900. The molecule has 0 bridgehead atoms. The Morgan fingerprint density at radius 1 is 1.44 bits per heavy atom. The van der Waals surface area contributed by atoms with Gasteiger partial charge < -0.3 is 10.2 Å². The molecule has 6 heteroatoms. The highest BCUT2D eigenvalue weighted by Gasteiger charge is 2.18. The molecule has 1 fully saturated rings. The summed E-state index contributed by atoms with van der Waals surface area (Å²) in [5, 5.41) is 14.5. The van der Waals surface area contributed by atoms with E-state index in [9.17, 15) is 0 Å². The first-order chi connectivity index (χ1) is 7.77. The maximum Gasteiger partial charge on any atom is 0.242 e. The third-order valence-corrected chi connectivity index (χ3v) is 3.32. The molecule has 16 heavy (non-hydrogen) atoms. The van der Waals surface area contributed by atoms with Crippen molar-refractivity contribution in [1.82, 2.24) is 25.1 Å². The first kappa shape index (κ1) is 11.3. The standard InChI is InChI=1S/C10H20N6/c1-15(9-5-3-4-6-9)8-7-11-10-12-13-14-16(10)2/h9H,3-8H2,1-2H3,(H,11,12,14). The van der Waals surface area contributed by atoms with Crippen molar-refractivity contribution in [3.05, 3.63) is 0 Å². The average Bonchev–Trinajstić information content (AvgIpc) is 2.90. The minimum atomic E-state index is 0.736. The van der Waals surface area contributed by atoms with Crippen LogP contribution in [0.25, 0.3) is 0 Å². The lowest BCUT2D eigenvalue weighted by Crippen LogP contribution is -2.33. The Hall–Kier alpha value is -1.17. The number of aryl methyl sites for hydroxylation is 1. The maximum absolute atomic E-state index is 3.88. The molecular formula is C10H20N6. The van der Waals surface area contributed by atoms with E-state index in [-0.39, 0.29) is 0 Å². The highest BCUT2D eigenvalue weighted by Crippen LogP contribution is 2.21. The van der Waals surface area contributed by atoms with Crippen LogP contribution in [0.4, 0.5) is 5.95 Å². The fourth-order valence-corrected chi connectivity index (χ4v) is 2.25. The topological polar surface area (TPSA) is 58.9 Å². The van der Waals surface area contributed by atoms with Gasteiger partial charge in [0.15, 0.2) is 0 Å². The molecule has 0 atom stereocenters. The molecule has 1 aliphatic rings. The Balaban J connectivity index is 1.69. The van der Waals surface area contributed by atoms with Gasteiger partial charge in [-0.25, -0.2) is 4.68 Å². The van der Waals surface area contributed by atoms with E-state index in [1.165, 1.54) is 25.7 Å². The average molecular weight is 224 g/mol. The molecule has 1 aromatic heterocycles. The molecule has 1 aliphatic carbocycles. The van der Waals surface area contributed by atoms with E-state index in [4.69, 9.17) is 0 Å². The van der Waals surface area contributed by atoms with E-state index in [0.717, 1.165) is 25.1 Å². The number of hydrogen-bond acceptors (Lipinski definition) is 5. The van der Waals surface area contributed by atoms with Gasteiger partial charge in [0.1, 0.15) is 0 Å². The Morgan fingerprint density at radius 2 is 2.19 bits per heavy atom. The molecule has 2 rings (SSSR count). The van der Waals surface area contributed by atoms with Gasteiger partial charge in [-0.2, -0.15) is 0 Å². The van der Waals surface area contributed by atoms with E-state index >= 15 is 0 Å². The van der Waals surface area contributed by atoms with Crippen LogP contribution in [0, 0.1) is 0 Å². The van der Waals surface area contributed by atoms with Crippen molar-refractivity contribution >= 4 is 5.95 Å². The summed E-state index contributed by atoms with van der Waals surface area (Å²) in [4.78, 5) is 2.43. The van der Waals surface area contributed by atoms with Gasteiger partial charge in [-0.05, 0) is 30.3 Å². The SMILES string of the molecule is CN(CCNc1nnnn1C)C1CCCC1. The molecule has 0 aliphatic heterocycles. The van der Waals surface area contributed by atoms with Gasteiger partial charge in [-0.15, -0.1) is 0 Å². The summed E-state index contributed by atoms with van der Waals surface area (Å²) in [7, 11) is 4.04. The van der Waals surface area contributed by atoms with Crippen LogP contribution in [0.15, 0.2) is 0 Å². The number of nitrogens with zero attached hydrogens (tertiary/aromatic N) is 5. The zero-order valence-electron chi connectivity index (χ0n) is 10.1. The summed E-state index contributed by atoms with van der Waals surface area (Å²) in [5.41, 5.74) is 0. The third-order valence-electron chi connectivity index (χ3n) is 3.32. The second kappa shape index (κ2) is 5.25. The summed E-state index contributed by atoms with van der Waals surface area (Å²) in [6, 6.07) is 0.777. The molecule has 1 saturated carbocycles. The van der Waals surface area contributed by atoms with Gasteiger partial charge in [-0.1, -0.05) is 17.9 Å². The van der Waals surface area contributed by atoms with Crippen LogP contribution >= 0.6 is 0 Å². The second-order valence-corrected chi connectivity index (χ2v) is 4.47. The van der Waals surface area contributed by atoms with E-state index < -0.39 is 0 Å². The van der Waals surface area contributed by atoms with Gasteiger partial charge >= 0.3 is 0 Å². The van der Waals surface area contributed by atoms with Crippen LogP contribution in [0.2, 0.25) is 0 Å². The smallest absolute Gasteiger partial charge is 0.242 e. The third kappa shape index (κ3) is 2.69. The van der Waals surface area contributed by atoms with Gasteiger partial charge in [0, 0.05) is 26.2 Å². The molecule has 0 radical (unpaired) electrons. The van der Waals surface area contributed by atoms with E-state index in [1.54, 1.807) is 4.68 Å². The molecule has 0 aromatic carbocycles. The number of hydrogen-bond donors (Lipinski definition) is 1. The highest BCUT2D eigenvalue weighted by atomic mass is 15.6. The fourth-order valence-electron chi connectivity index (χ4n) is 2.25. The number of aromatic nitrogens is 4. The molecule has 0 saturated heterocycles. The van der Waals surface area contributed by atoms with Crippen molar-refractivity contribution in [3.8, 4) is 0 Å². The Morgan fingerprint density at radius 3 is 2.81 bits per heavy atom. The number of anilines is 1. The largest absolute Gasteiger partial charge is 0.352 e. The molecule has 1 N–H and O–H groups in total. The minimum Gasteiger partial charge on any atom is -0.352 e. The molecule has 0 unspecified atom stereocenters. The first-order valence-electron chi connectivity index (χ1n) is 5.94. The maximum atomic E-state index is 3.88. The summed E-state index contributed by atoms with van der Waals surface area (Å²) in [5.74, 6) is 0.736. The quantitative estimate of drug-likeness (QED) is 0.789. The van der Waals surface area contributed by atoms with Gasteiger partial charge in [0.2, 0.25) is 5.95 Å². The minimum absolute atomic E-state index is 0.736. The molecule has 1 aromatic rings. The predicted molar refractivity (Wildman–Crippen MR) is 62.2 cm³/mol. The van der Waals surface area contributed by atoms with Crippen molar-refractivity contribution in [1.29, 1.82) is 0 Å². The number of likely N-dealkylation sites (N-methyl/N-ethyl adjacent to an activating group) is 1. The lowest BCUT2D eigenvalue weighted by molar-refractivity contribution is 0.254. The van der Waals surface area contributed by atoms with Gasteiger partial charge in [0.05, 0.1) is 0 Å². The zero-order chi connectivity index (χ0) is 11.4. The zero-order valence-corrected chi connectivity index (χ0v) is 10.1. The first-order valence-corrected chi connectivity index (χ1v) is 5.94. The van der Waals surface area contributed by atoms with Crippen molar-refractivity contribution in [2.24, 2.45) is 7.05 Å². The monoisotopic (exact) mass is 224 g/mol. The Kier molecular flexibility index (Phi) is 3.71. The van der Waals surface area contributed by atoms with E-state index in [1.807, 2.05) is 7.05 Å². The number of nitrogens with one attached hydrogen (secondary N) is 1. The molecule has 0 spiro atoms. The van der Waals surface area contributed by atoms with E-state index in [0.29, 0.717) is 0 Å². The number of rotatable bonds is 5. The van der Waals surface area contributed by atoms with Crippen LogP contribution in [-0.2, 0) is 7.05 Å². The summed E-state index contributed by atoms with van der Waals surface area (Å²) in [6.07, 6.45) is 5.47. The lowest BCUT2D eigenvalue weighted by atomic mass is 10.2.